The van der Waals surface area contributed by atoms with Gasteiger partial charge in [0.1, 0.15) is 0 Å². The number of carbonyl (C=O) groups is 1. The molecule has 2 atom stereocenters. The van der Waals surface area contributed by atoms with Crippen molar-refractivity contribution in [2.45, 2.75) is 39.0 Å². The van der Waals surface area contributed by atoms with Gasteiger partial charge >= 0.3 is 0 Å². The van der Waals surface area contributed by atoms with Crippen LogP contribution in [0.5, 0.6) is 0 Å². The zero-order valence-electron chi connectivity index (χ0n) is 6.55. The summed E-state index contributed by atoms with van der Waals surface area (Å²) in [5, 5.41) is 2.77. The van der Waals surface area contributed by atoms with Crippen LogP contribution in [0.1, 0.15) is 20.8 Å². The van der Waals surface area contributed by atoms with Crippen molar-refractivity contribution in [1.82, 2.24) is 5.32 Å². The molecule has 1 rings (SSSR count). The maximum atomic E-state index is 11.0. The van der Waals surface area contributed by atoms with Crippen LogP contribution in [0.4, 0.5) is 0 Å². The highest BCUT2D eigenvalue weighted by molar-refractivity contribution is 5.83. The molecule has 2 unspecified atom stereocenters. The second kappa shape index (κ2) is 2.58. The SMILES string of the molecule is CC(C)NC(=O)C1OC1C. The lowest BCUT2D eigenvalue weighted by Gasteiger charge is -2.04. The second-order valence-corrected chi connectivity index (χ2v) is 2.93. The standard InChI is InChI=1S/C7H13NO2/c1-4(2)8-7(9)6-5(3)10-6/h4-6H,1-3H3,(H,8,9). The van der Waals surface area contributed by atoms with Gasteiger partial charge in [-0.25, -0.2) is 0 Å². The summed E-state index contributed by atoms with van der Waals surface area (Å²) in [5.41, 5.74) is 0. The number of hydrogen-bond acceptors (Lipinski definition) is 2. The van der Waals surface area contributed by atoms with Crippen molar-refractivity contribution in [1.29, 1.82) is 0 Å². The predicted molar refractivity (Wildman–Crippen MR) is 37.6 cm³/mol. The smallest absolute Gasteiger partial charge is 0.252 e. The predicted octanol–water partition coefficient (Wildman–Crippen LogP) is 0.298. The molecule has 0 spiro atoms. The molecular weight excluding hydrogens is 130 g/mol. The van der Waals surface area contributed by atoms with Crippen LogP contribution in [0.3, 0.4) is 0 Å². The van der Waals surface area contributed by atoms with Gasteiger partial charge in [-0.15, -0.1) is 0 Å². The van der Waals surface area contributed by atoms with Crippen molar-refractivity contribution in [2.24, 2.45) is 0 Å². The van der Waals surface area contributed by atoms with Crippen molar-refractivity contribution in [3.05, 3.63) is 0 Å². The second-order valence-electron chi connectivity index (χ2n) is 2.93. The molecule has 3 nitrogen and oxygen atoms in total. The zero-order chi connectivity index (χ0) is 7.72. The molecule has 0 radical (unpaired) electrons. The van der Waals surface area contributed by atoms with E-state index in [9.17, 15) is 4.79 Å². The van der Waals surface area contributed by atoms with Gasteiger partial charge in [-0.2, -0.15) is 0 Å². The first-order valence-corrected chi connectivity index (χ1v) is 3.57. The van der Waals surface area contributed by atoms with E-state index in [0.29, 0.717) is 0 Å². The highest BCUT2D eigenvalue weighted by atomic mass is 16.6. The lowest BCUT2D eigenvalue weighted by Crippen LogP contribution is -2.34. The number of nitrogens with one attached hydrogen (secondary N) is 1. The number of carbonyl (C=O) groups excluding carboxylic acids is 1. The summed E-state index contributed by atoms with van der Waals surface area (Å²) in [6, 6.07) is 0.212. The minimum Gasteiger partial charge on any atom is -0.359 e. The molecule has 1 saturated heterocycles. The van der Waals surface area contributed by atoms with E-state index < -0.39 is 0 Å². The maximum Gasteiger partial charge on any atom is 0.252 e. The summed E-state index contributed by atoms with van der Waals surface area (Å²) < 4.78 is 4.97. The molecule has 1 aliphatic heterocycles. The van der Waals surface area contributed by atoms with Crippen molar-refractivity contribution >= 4 is 5.91 Å². The van der Waals surface area contributed by atoms with E-state index in [0.717, 1.165) is 0 Å². The minimum absolute atomic E-state index is 0.0162. The van der Waals surface area contributed by atoms with Gasteiger partial charge in [0.2, 0.25) is 0 Å². The van der Waals surface area contributed by atoms with Gasteiger partial charge in [-0.05, 0) is 20.8 Å². The summed E-state index contributed by atoms with van der Waals surface area (Å²) in [4.78, 5) is 11.0. The first-order chi connectivity index (χ1) is 4.61. The van der Waals surface area contributed by atoms with Gasteiger partial charge in [0.05, 0.1) is 6.10 Å². The van der Waals surface area contributed by atoms with E-state index >= 15 is 0 Å². The lowest BCUT2D eigenvalue weighted by molar-refractivity contribution is -0.122. The topological polar surface area (TPSA) is 41.6 Å². The van der Waals surface area contributed by atoms with Crippen LogP contribution >= 0.6 is 0 Å². The molecule has 10 heavy (non-hydrogen) atoms. The lowest BCUT2D eigenvalue weighted by atomic mass is 10.3. The van der Waals surface area contributed by atoms with Crippen molar-refractivity contribution < 1.29 is 9.53 Å². The molecule has 0 aliphatic carbocycles. The molecule has 1 aliphatic rings. The molecule has 3 heteroatoms. The van der Waals surface area contributed by atoms with E-state index in [4.69, 9.17) is 4.74 Å². The van der Waals surface area contributed by atoms with Crippen molar-refractivity contribution in [2.75, 3.05) is 0 Å². The first kappa shape index (κ1) is 7.54. The average Bonchev–Trinajstić information content (AvgIpc) is 2.44. The average molecular weight is 143 g/mol. The Hall–Kier alpha value is -0.570. The summed E-state index contributed by atoms with van der Waals surface area (Å²) in [5.74, 6) is 0.0162. The van der Waals surface area contributed by atoms with E-state index in [1.54, 1.807) is 0 Å². The fourth-order valence-corrected chi connectivity index (χ4v) is 0.828. The molecule has 1 N–H and O–H groups in total. The van der Waals surface area contributed by atoms with Gasteiger partial charge in [-0.1, -0.05) is 0 Å². The molecule has 0 aromatic heterocycles. The zero-order valence-corrected chi connectivity index (χ0v) is 6.55. The number of epoxide rings is 1. The van der Waals surface area contributed by atoms with Gasteiger partial charge in [0.15, 0.2) is 6.10 Å². The fraction of sp³-hybridized carbons (Fsp3) is 0.857. The highest BCUT2D eigenvalue weighted by Crippen LogP contribution is 2.20. The van der Waals surface area contributed by atoms with Crippen LogP contribution in [0.2, 0.25) is 0 Å². The normalized spacial score (nSPS) is 30.4. The number of amides is 1. The maximum absolute atomic E-state index is 11.0. The Morgan fingerprint density at radius 2 is 2.10 bits per heavy atom. The van der Waals surface area contributed by atoms with E-state index in [1.165, 1.54) is 0 Å². The first-order valence-electron chi connectivity index (χ1n) is 3.57. The summed E-state index contributed by atoms with van der Waals surface area (Å²) in [6.07, 6.45) is -0.0545. The monoisotopic (exact) mass is 143 g/mol. The summed E-state index contributed by atoms with van der Waals surface area (Å²) >= 11 is 0. The van der Waals surface area contributed by atoms with E-state index in [1.807, 2.05) is 20.8 Å². The van der Waals surface area contributed by atoms with Crippen molar-refractivity contribution in [3.63, 3.8) is 0 Å². The molecule has 0 aromatic rings. The van der Waals surface area contributed by atoms with Crippen LogP contribution < -0.4 is 5.32 Å². The third kappa shape index (κ3) is 1.70. The van der Waals surface area contributed by atoms with Crippen LogP contribution in [0.15, 0.2) is 0 Å². The summed E-state index contributed by atoms with van der Waals surface area (Å²) in [6.45, 7) is 5.76. The van der Waals surface area contributed by atoms with Crippen molar-refractivity contribution in [3.8, 4) is 0 Å². The number of hydrogen-bond donors (Lipinski definition) is 1. The molecule has 0 aromatic carbocycles. The Morgan fingerprint density at radius 1 is 1.60 bits per heavy atom. The number of ether oxygens (including phenoxy) is 1. The number of rotatable bonds is 2. The molecule has 1 amide bonds. The van der Waals surface area contributed by atoms with Crippen LogP contribution in [0.25, 0.3) is 0 Å². The van der Waals surface area contributed by atoms with Crippen LogP contribution in [-0.2, 0) is 9.53 Å². The Balaban J connectivity index is 2.23. The van der Waals surface area contributed by atoms with Crippen LogP contribution in [0, 0.1) is 0 Å². The molecule has 1 fully saturated rings. The molecule has 0 saturated carbocycles. The van der Waals surface area contributed by atoms with E-state index in [-0.39, 0.29) is 24.2 Å². The largest absolute Gasteiger partial charge is 0.359 e. The van der Waals surface area contributed by atoms with Gasteiger partial charge in [-0.3, -0.25) is 4.79 Å². The molecule has 1 heterocycles. The van der Waals surface area contributed by atoms with Gasteiger partial charge in [0, 0.05) is 6.04 Å². The third-order valence-electron chi connectivity index (χ3n) is 1.40. The minimum atomic E-state index is -0.178. The van der Waals surface area contributed by atoms with E-state index in [2.05, 4.69) is 5.32 Å². The van der Waals surface area contributed by atoms with Gasteiger partial charge in [0.25, 0.3) is 5.91 Å². The Morgan fingerprint density at radius 3 is 2.40 bits per heavy atom. The molecular formula is C7H13NO2. The highest BCUT2D eigenvalue weighted by Gasteiger charge is 2.40. The Bertz CT molecular complexity index is 145. The fourth-order valence-electron chi connectivity index (χ4n) is 0.828. The third-order valence-corrected chi connectivity index (χ3v) is 1.40. The molecule has 0 bridgehead atoms. The molecule has 58 valence electrons. The summed E-state index contributed by atoms with van der Waals surface area (Å²) in [7, 11) is 0. The Labute approximate surface area is 60.7 Å². The Kier molecular flexibility index (Phi) is 1.94. The van der Waals surface area contributed by atoms with Crippen LogP contribution in [-0.4, -0.2) is 24.2 Å². The van der Waals surface area contributed by atoms with Gasteiger partial charge < -0.3 is 10.1 Å². The quantitative estimate of drug-likeness (QED) is 0.565.